The van der Waals surface area contributed by atoms with E-state index in [0.717, 1.165) is 0 Å². The molecular weight excluding hydrogens is 257 g/mol. The van der Waals surface area contributed by atoms with Crippen molar-refractivity contribution in [2.75, 3.05) is 5.32 Å². The zero-order valence-electron chi connectivity index (χ0n) is 9.84. The average molecular weight is 268 g/mol. The number of aromatic amines is 1. The highest BCUT2D eigenvalue weighted by Gasteiger charge is 2.13. The lowest BCUT2D eigenvalue weighted by atomic mass is 10.2. The van der Waals surface area contributed by atoms with E-state index < -0.39 is 5.82 Å². The Labute approximate surface area is 108 Å². The molecule has 0 radical (unpaired) electrons. The number of nitrogens with one attached hydrogen (secondary N) is 2. The standard InChI is InChI=1S/C12H11ClFN3O/c1-6-3-11(9(13)4-10(6)14)16-12(18)8-5-15-17-7(8)2/h3-5H,1-2H3,(H,15,17)(H,16,18). The number of aromatic nitrogens is 2. The molecule has 0 saturated carbocycles. The summed E-state index contributed by atoms with van der Waals surface area (Å²) >= 11 is 5.87. The van der Waals surface area contributed by atoms with Gasteiger partial charge in [0.25, 0.3) is 5.91 Å². The third-order valence-electron chi connectivity index (χ3n) is 2.57. The van der Waals surface area contributed by atoms with Crippen molar-refractivity contribution >= 4 is 23.2 Å². The van der Waals surface area contributed by atoms with Gasteiger partial charge in [0.1, 0.15) is 5.82 Å². The molecule has 0 atom stereocenters. The van der Waals surface area contributed by atoms with Gasteiger partial charge in [-0.25, -0.2) is 4.39 Å². The number of aryl methyl sites for hydroxylation is 2. The summed E-state index contributed by atoms with van der Waals surface area (Å²) in [5, 5.41) is 9.21. The Balaban J connectivity index is 2.28. The highest BCUT2D eigenvalue weighted by Crippen LogP contribution is 2.25. The van der Waals surface area contributed by atoms with Crippen molar-refractivity contribution in [3.8, 4) is 0 Å². The summed E-state index contributed by atoms with van der Waals surface area (Å²) in [5.41, 5.74) is 1.87. The van der Waals surface area contributed by atoms with Crippen molar-refractivity contribution in [2.45, 2.75) is 13.8 Å². The van der Waals surface area contributed by atoms with Crippen LogP contribution < -0.4 is 5.32 Å². The van der Waals surface area contributed by atoms with E-state index in [1.165, 1.54) is 18.3 Å². The van der Waals surface area contributed by atoms with Crippen LogP contribution >= 0.6 is 11.6 Å². The lowest BCUT2D eigenvalue weighted by Gasteiger charge is -2.08. The minimum Gasteiger partial charge on any atom is -0.321 e. The molecule has 0 spiro atoms. The monoisotopic (exact) mass is 267 g/mol. The molecule has 4 nitrogen and oxygen atoms in total. The zero-order chi connectivity index (χ0) is 13.3. The number of hydrogen-bond acceptors (Lipinski definition) is 2. The molecule has 0 fully saturated rings. The average Bonchev–Trinajstić information content (AvgIpc) is 2.72. The van der Waals surface area contributed by atoms with Crippen LogP contribution in [0, 0.1) is 19.7 Å². The van der Waals surface area contributed by atoms with Gasteiger partial charge in [-0.2, -0.15) is 5.10 Å². The number of nitrogens with zero attached hydrogens (tertiary/aromatic N) is 1. The molecule has 2 N–H and O–H groups in total. The number of amides is 1. The number of carbonyl (C=O) groups is 1. The fourth-order valence-electron chi connectivity index (χ4n) is 1.52. The predicted molar refractivity (Wildman–Crippen MR) is 67.4 cm³/mol. The van der Waals surface area contributed by atoms with Gasteiger partial charge in [0.15, 0.2) is 0 Å². The van der Waals surface area contributed by atoms with Gasteiger partial charge in [-0.3, -0.25) is 9.89 Å². The Kier molecular flexibility index (Phi) is 3.34. The number of rotatable bonds is 2. The smallest absolute Gasteiger partial charge is 0.259 e. The summed E-state index contributed by atoms with van der Waals surface area (Å²) in [6.45, 7) is 3.34. The van der Waals surface area contributed by atoms with Crippen molar-refractivity contribution in [1.82, 2.24) is 10.2 Å². The number of H-pyrrole nitrogens is 1. The minimum atomic E-state index is -0.405. The first-order valence-corrected chi connectivity index (χ1v) is 5.64. The molecule has 1 heterocycles. The maximum Gasteiger partial charge on any atom is 0.259 e. The second-order valence-corrected chi connectivity index (χ2v) is 4.35. The van der Waals surface area contributed by atoms with E-state index in [1.54, 1.807) is 13.8 Å². The molecule has 1 aromatic heterocycles. The van der Waals surface area contributed by atoms with Crippen LogP contribution in [0.25, 0.3) is 0 Å². The first-order chi connectivity index (χ1) is 8.49. The van der Waals surface area contributed by atoms with E-state index in [-0.39, 0.29) is 10.9 Å². The summed E-state index contributed by atoms with van der Waals surface area (Å²) in [5.74, 6) is -0.744. The second-order valence-electron chi connectivity index (χ2n) is 3.94. The van der Waals surface area contributed by atoms with Crippen LogP contribution in [0.3, 0.4) is 0 Å². The van der Waals surface area contributed by atoms with E-state index in [9.17, 15) is 9.18 Å². The molecule has 1 aromatic carbocycles. The van der Waals surface area contributed by atoms with Crippen molar-refractivity contribution in [3.63, 3.8) is 0 Å². The van der Waals surface area contributed by atoms with Crippen molar-refractivity contribution < 1.29 is 9.18 Å². The lowest BCUT2D eigenvalue weighted by Crippen LogP contribution is -2.13. The number of hydrogen-bond donors (Lipinski definition) is 2. The Bertz CT molecular complexity index is 609. The summed E-state index contributed by atoms with van der Waals surface area (Å²) in [6.07, 6.45) is 1.43. The Morgan fingerprint density at radius 1 is 1.44 bits per heavy atom. The molecule has 0 unspecified atom stereocenters. The Hall–Kier alpha value is -1.88. The van der Waals surface area contributed by atoms with Gasteiger partial charge in [0.2, 0.25) is 0 Å². The molecule has 6 heteroatoms. The van der Waals surface area contributed by atoms with Crippen LogP contribution in [0.5, 0.6) is 0 Å². The molecule has 2 rings (SSSR count). The third-order valence-corrected chi connectivity index (χ3v) is 2.88. The lowest BCUT2D eigenvalue weighted by molar-refractivity contribution is 0.102. The van der Waals surface area contributed by atoms with E-state index in [1.807, 2.05) is 0 Å². The zero-order valence-corrected chi connectivity index (χ0v) is 10.6. The third kappa shape index (κ3) is 2.36. The van der Waals surface area contributed by atoms with E-state index in [4.69, 9.17) is 11.6 Å². The van der Waals surface area contributed by atoms with Gasteiger partial charge in [-0.05, 0) is 31.5 Å². The molecule has 0 bridgehead atoms. The summed E-state index contributed by atoms with van der Waals surface area (Å²) in [6, 6.07) is 2.67. The van der Waals surface area contributed by atoms with Gasteiger partial charge in [0, 0.05) is 5.69 Å². The number of halogens is 2. The number of anilines is 1. The molecule has 0 aliphatic rings. The van der Waals surface area contributed by atoms with Gasteiger partial charge >= 0.3 is 0 Å². The topological polar surface area (TPSA) is 57.8 Å². The summed E-state index contributed by atoms with van der Waals surface area (Å²) in [7, 11) is 0. The van der Waals surface area contributed by atoms with Crippen LogP contribution in [0.1, 0.15) is 21.6 Å². The molecular formula is C12H11ClFN3O. The number of carbonyl (C=O) groups excluding carboxylic acids is 1. The molecule has 2 aromatic rings. The molecule has 94 valence electrons. The predicted octanol–water partition coefficient (Wildman–Crippen LogP) is 3.07. The maximum absolute atomic E-state index is 13.2. The normalized spacial score (nSPS) is 10.4. The van der Waals surface area contributed by atoms with Gasteiger partial charge in [-0.15, -0.1) is 0 Å². The quantitative estimate of drug-likeness (QED) is 0.878. The molecule has 1 amide bonds. The molecule has 0 saturated heterocycles. The fourth-order valence-corrected chi connectivity index (χ4v) is 1.72. The highest BCUT2D eigenvalue weighted by molar-refractivity contribution is 6.34. The number of benzene rings is 1. The van der Waals surface area contributed by atoms with E-state index >= 15 is 0 Å². The first kappa shape index (κ1) is 12.6. The SMILES string of the molecule is Cc1cc(NC(=O)c2cn[nH]c2C)c(Cl)cc1F. The van der Waals surface area contributed by atoms with Gasteiger partial charge < -0.3 is 5.32 Å². The molecule has 0 aliphatic heterocycles. The van der Waals surface area contributed by atoms with Gasteiger partial charge in [0.05, 0.1) is 22.5 Å². The van der Waals surface area contributed by atoms with Crippen LogP contribution in [0.2, 0.25) is 5.02 Å². The first-order valence-electron chi connectivity index (χ1n) is 5.26. The van der Waals surface area contributed by atoms with Crippen LogP contribution in [0.4, 0.5) is 10.1 Å². The Morgan fingerprint density at radius 2 is 2.17 bits per heavy atom. The van der Waals surface area contributed by atoms with Crippen molar-refractivity contribution in [3.05, 3.63) is 46.0 Å². The van der Waals surface area contributed by atoms with Crippen LogP contribution in [-0.4, -0.2) is 16.1 Å². The van der Waals surface area contributed by atoms with Crippen LogP contribution in [0.15, 0.2) is 18.3 Å². The Morgan fingerprint density at radius 3 is 2.78 bits per heavy atom. The van der Waals surface area contributed by atoms with Crippen molar-refractivity contribution in [1.29, 1.82) is 0 Å². The largest absolute Gasteiger partial charge is 0.321 e. The fraction of sp³-hybridized carbons (Fsp3) is 0.167. The maximum atomic E-state index is 13.2. The van der Waals surface area contributed by atoms with E-state index in [2.05, 4.69) is 15.5 Å². The molecule has 18 heavy (non-hydrogen) atoms. The summed E-state index contributed by atoms with van der Waals surface area (Å²) in [4.78, 5) is 11.9. The van der Waals surface area contributed by atoms with Crippen LogP contribution in [-0.2, 0) is 0 Å². The van der Waals surface area contributed by atoms with Crippen molar-refractivity contribution in [2.24, 2.45) is 0 Å². The molecule has 0 aliphatic carbocycles. The van der Waals surface area contributed by atoms with E-state index in [0.29, 0.717) is 22.5 Å². The second kappa shape index (κ2) is 4.78. The minimum absolute atomic E-state index is 0.160. The summed E-state index contributed by atoms with van der Waals surface area (Å²) < 4.78 is 13.2. The highest BCUT2D eigenvalue weighted by atomic mass is 35.5. The van der Waals surface area contributed by atoms with Gasteiger partial charge in [-0.1, -0.05) is 11.6 Å².